The number of nitrogens with one attached hydrogen (secondary N) is 1. The molecule has 154 valence electrons. The number of benzene rings is 2. The van der Waals surface area contributed by atoms with Gasteiger partial charge in [-0.1, -0.05) is 29.8 Å². The number of hydrogen-bond donors (Lipinski definition) is 3. The van der Waals surface area contributed by atoms with Crippen molar-refractivity contribution in [2.45, 2.75) is 24.2 Å². The van der Waals surface area contributed by atoms with E-state index in [1.165, 1.54) is 30.3 Å². The standard InChI is InChI=1S/C18H20ClN5O4S/c1-28-10-17-21-11-24(23-17)15-7-6-13(9-16(15)29(20,26)27)22-18(25)8-12-4-2-3-5-14(12)19/h2-7,9,11,18,22,25H,8,10H2,1H3,(H2,20,26,27). The van der Waals surface area contributed by atoms with Crippen LogP contribution in [0.3, 0.4) is 0 Å². The van der Waals surface area contributed by atoms with E-state index in [1.807, 2.05) is 6.07 Å². The molecule has 0 aliphatic heterocycles. The third kappa shape index (κ3) is 5.31. The first-order valence-electron chi connectivity index (χ1n) is 8.52. The summed E-state index contributed by atoms with van der Waals surface area (Å²) in [5.74, 6) is 0.394. The van der Waals surface area contributed by atoms with E-state index in [4.69, 9.17) is 21.5 Å². The van der Waals surface area contributed by atoms with Crippen molar-refractivity contribution in [3.05, 3.63) is 65.2 Å². The molecule has 1 unspecified atom stereocenters. The second-order valence-corrected chi connectivity index (χ2v) is 8.16. The van der Waals surface area contributed by atoms with Crippen molar-refractivity contribution in [2.75, 3.05) is 12.4 Å². The fraction of sp³-hybridized carbons (Fsp3) is 0.222. The number of anilines is 1. The molecule has 3 rings (SSSR count). The summed E-state index contributed by atoms with van der Waals surface area (Å²) >= 11 is 6.11. The molecule has 9 nitrogen and oxygen atoms in total. The summed E-state index contributed by atoms with van der Waals surface area (Å²) in [5, 5.41) is 23.3. The van der Waals surface area contributed by atoms with Crippen LogP contribution in [0.2, 0.25) is 5.02 Å². The van der Waals surface area contributed by atoms with Gasteiger partial charge in [0.1, 0.15) is 24.1 Å². The molecule has 0 saturated heterocycles. The van der Waals surface area contributed by atoms with Crippen LogP contribution in [0.5, 0.6) is 0 Å². The predicted molar refractivity (Wildman–Crippen MR) is 108 cm³/mol. The number of methoxy groups -OCH3 is 1. The van der Waals surface area contributed by atoms with Crippen LogP contribution in [0, 0.1) is 0 Å². The molecule has 3 aromatic rings. The number of rotatable bonds is 8. The molecule has 0 amide bonds. The Morgan fingerprint density at radius 2 is 2.07 bits per heavy atom. The fourth-order valence-corrected chi connectivity index (χ4v) is 3.70. The van der Waals surface area contributed by atoms with Crippen LogP contribution >= 0.6 is 11.6 Å². The normalized spacial score (nSPS) is 12.7. The summed E-state index contributed by atoms with van der Waals surface area (Å²) in [4.78, 5) is 3.89. The molecule has 0 fully saturated rings. The predicted octanol–water partition coefficient (Wildman–Crippen LogP) is 1.69. The Bertz CT molecular complexity index is 1100. The van der Waals surface area contributed by atoms with E-state index in [9.17, 15) is 13.5 Å². The quantitative estimate of drug-likeness (QED) is 0.456. The van der Waals surface area contributed by atoms with E-state index in [1.54, 1.807) is 24.3 Å². The Morgan fingerprint density at radius 1 is 1.31 bits per heavy atom. The van der Waals surface area contributed by atoms with Gasteiger partial charge in [0.2, 0.25) is 10.0 Å². The third-order valence-electron chi connectivity index (χ3n) is 4.03. The second kappa shape index (κ2) is 8.89. The summed E-state index contributed by atoms with van der Waals surface area (Å²) in [6.07, 6.45) is 0.613. The highest BCUT2D eigenvalue weighted by atomic mass is 35.5. The molecule has 11 heteroatoms. The van der Waals surface area contributed by atoms with Crippen molar-refractivity contribution < 1.29 is 18.3 Å². The Kier molecular flexibility index (Phi) is 6.50. The van der Waals surface area contributed by atoms with Crippen molar-refractivity contribution in [1.29, 1.82) is 0 Å². The molecule has 1 heterocycles. The van der Waals surface area contributed by atoms with Gasteiger partial charge in [0.25, 0.3) is 0 Å². The molecule has 0 spiro atoms. The zero-order valence-electron chi connectivity index (χ0n) is 15.5. The average Bonchev–Trinajstić information content (AvgIpc) is 3.12. The van der Waals surface area contributed by atoms with Crippen molar-refractivity contribution in [3.8, 4) is 5.69 Å². The topological polar surface area (TPSA) is 132 Å². The second-order valence-electron chi connectivity index (χ2n) is 6.22. The number of nitrogens with two attached hydrogens (primary N) is 1. The van der Waals surface area contributed by atoms with Gasteiger partial charge in [-0.2, -0.15) is 0 Å². The molecule has 1 aromatic heterocycles. The van der Waals surface area contributed by atoms with E-state index in [2.05, 4.69) is 15.4 Å². The fourth-order valence-electron chi connectivity index (χ4n) is 2.75. The lowest BCUT2D eigenvalue weighted by atomic mass is 10.1. The van der Waals surface area contributed by atoms with Crippen LogP contribution < -0.4 is 10.5 Å². The maximum atomic E-state index is 12.1. The van der Waals surface area contributed by atoms with Crippen molar-refractivity contribution in [2.24, 2.45) is 5.14 Å². The van der Waals surface area contributed by atoms with Gasteiger partial charge < -0.3 is 15.2 Å². The summed E-state index contributed by atoms with van der Waals surface area (Å²) in [6.45, 7) is 0.186. The molecule has 4 N–H and O–H groups in total. The molecule has 0 aliphatic rings. The first-order valence-corrected chi connectivity index (χ1v) is 10.4. The monoisotopic (exact) mass is 437 g/mol. The van der Waals surface area contributed by atoms with Gasteiger partial charge in [0.15, 0.2) is 5.82 Å². The van der Waals surface area contributed by atoms with Gasteiger partial charge in [0.05, 0.1) is 5.69 Å². The molecule has 2 aromatic carbocycles. The number of aliphatic hydroxyl groups is 1. The molecule has 1 atom stereocenters. The number of halogens is 1. The van der Waals surface area contributed by atoms with Gasteiger partial charge in [-0.15, -0.1) is 5.10 Å². The summed E-state index contributed by atoms with van der Waals surface area (Å²) in [5.41, 5.74) is 1.36. The van der Waals surface area contributed by atoms with Crippen molar-refractivity contribution in [1.82, 2.24) is 14.8 Å². The Morgan fingerprint density at radius 3 is 2.76 bits per heavy atom. The zero-order valence-corrected chi connectivity index (χ0v) is 17.1. The van der Waals surface area contributed by atoms with Crippen molar-refractivity contribution in [3.63, 3.8) is 0 Å². The number of ether oxygens (including phenoxy) is 1. The maximum absolute atomic E-state index is 12.1. The summed E-state index contributed by atoms with van der Waals surface area (Å²) in [7, 11) is -2.57. The molecule has 29 heavy (non-hydrogen) atoms. The highest BCUT2D eigenvalue weighted by Crippen LogP contribution is 2.24. The van der Waals surface area contributed by atoms with Crippen LogP contribution in [0.1, 0.15) is 11.4 Å². The van der Waals surface area contributed by atoms with Crippen LogP contribution in [-0.2, 0) is 27.8 Å². The lowest BCUT2D eigenvalue weighted by molar-refractivity contribution is 0.178. The molecular formula is C18H20ClN5O4S. The number of nitrogens with zero attached hydrogens (tertiary/aromatic N) is 3. The van der Waals surface area contributed by atoms with Gasteiger partial charge in [-0.3, -0.25) is 0 Å². The van der Waals surface area contributed by atoms with Crippen LogP contribution in [0.15, 0.2) is 53.7 Å². The first-order chi connectivity index (χ1) is 13.8. The summed E-state index contributed by atoms with van der Waals surface area (Å²) < 4.78 is 30.5. The van der Waals surface area contributed by atoms with Crippen molar-refractivity contribution >= 4 is 27.3 Å². The average molecular weight is 438 g/mol. The zero-order chi connectivity index (χ0) is 21.0. The number of hydrogen-bond acceptors (Lipinski definition) is 7. The van der Waals surface area contributed by atoms with Gasteiger partial charge >= 0.3 is 0 Å². The van der Waals surface area contributed by atoms with Crippen LogP contribution in [0.4, 0.5) is 5.69 Å². The minimum absolute atomic E-state index is 0.165. The van der Waals surface area contributed by atoms with Gasteiger partial charge in [-0.25, -0.2) is 23.2 Å². The van der Waals surface area contributed by atoms with E-state index >= 15 is 0 Å². The van der Waals surface area contributed by atoms with E-state index in [0.29, 0.717) is 16.5 Å². The summed E-state index contributed by atoms with van der Waals surface area (Å²) in [6, 6.07) is 11.6. The number of primary sulfonamides is 1. The lowest BCUT2D eigenvalue weighted by Crippen LogP contribution is -2.22. The minimum atomic E-state index is -4.07. The Labute approximate surface area is 173 Å². The highest BCUT2D eigenvalue weighted by Gasteiger charge is 2.19. The Hall–Kier alpha value is -2.50. The molecular weight excluding hydrogens is 418 g/mol. The van der Waals surface area contributed by atoms with Gasteiger partial charge in [-0.05, 0) is 29.8 Å². The van der Waals surface area contributed by atoms with Crippen LogP contribution in [0.25, 0.3) is 5.69 Å². The Balaban J connectivity index is 1.86. The molecule has 0 bridgehead atoms. The van der Waals surface area contributed by atoms with E-state index in [-0.39, 0.29) is 23.6 Å². The molecule has 0 saturated carbocycles. The maximum Gasteiger partial charge on any atom is 0.240 e. The molecule has 0 aliphatic carbocycles. The van der Waals surface area contributed by atoms with E-state index < -0.39 is 16.3 Å². The first kappa shape index (κ1) is 21.2. The third-order valence-corrected chi connectivity index (χ3v) is 5.34. The minimum Gasteiger partial charge on any atom is -0.377 e. The number of aromatic nitrogens is 3. The SMILES string of the molecule is COCc1ncn(-c2ccc(NC(O)Cc3ccccc3Cl)cc2S(N)(=O)=O)n1. The smallest absolute Gasteiger partial charge is 0.240 e. The number of sulfonamides is 1. The number of aliphatic hydroxyl groups excluding tert-OH is 1. The highest BCUT2D eigenvalue weighted by molar-refractivity contribution is 7.89. The molecule has 0 radical (unpaired) electrons. The van der Waals surface area contributed by atoms with E-state index in [0.717, 1.165) is 5.56 Å². The van der Waals surface area contributed by atoms with Gasteiger partial charge in [0, 0.05) is 24.2 Å². The lowest BCUT2D eigenvalue weighted by Gasteiger charge is -2.17. The largest absolute Gasteiger partial charge is 0.377 e. The van der Waals surface area contributed by atoms with Crippen LogP contribution in [-0.4, -0.2) is 41.6 Å².